The highest BCUT2D eigenvalue weighted by Gasteiger charge is 2.05. The molecular formula is C12H16O3S. The van der Waals surface area contributed by atoms with Gasteiger partial charge >= 0.3 is 5.97 Å². The Balaban J connectivity index is 2.03. The average Bonchev–Trinajstić information content (AvgIpc) is 2.75. The molecule has 3 nitrogen and oxygen atoms in total. The second-order valence-electron chi connectivity index (χ2n) is 3.71. The van der Waals surface area contributed by atoms with Crippen molar-refractivity contribution in [2.75, 3.05) is 0 Å². The third-order valence-electron chi connectivity index (χ3n) is 2.34. The predicted octanol–water partition coefficient (Wildman–Crippen LogP) is 3.36. The molecular weight excluding hydrogens is 224 g/mol. The summed E-state index contributed by atoms with van der Waals surface area (Å²) in [5.41, 5.74) is 0. The first kappa shape index (κ1) is 12.9. The quantitative estimate of drug-likeness (QED) is 0.560. The van der Waals surface area contributed by atoms with Crippen LogP contribution in [0.1, 0.15) is 48.2 Å². The van der Waals surface area contributed by atoms with Crippen molar-refractivity contribution in [3.63, 3.8) is 0 Å². The second-order valence-corrected chi connectivity index (χ2v) is 4.66. The summed E-state index contributed by atoms with van der Waals surface area (Å²) in [5, 5.41) is 10.3. The summed E-state index contributed by atoms with van der Waals surface area (Å²) in [6.07, 6.45) is 4.21. The van der Waals surface area contributed by atoms with Crippen LogP contribution in [0.4, 0.5) is 0 Å². The molecule has 1 aromatic rings. The maximum atomic E-state index is 11.6. The topological polar surface area (TPSA) is 54.4 Å². The third-order valence-corrected chi connectivity index (χ3v) is 3.25. The SMILES string of the molecule is O=C(O)CCCCCCC(=O)c1cccs1. The van der Waals surface area contributed by atoms with Gasteiger partial charge in [-0.15, -0.1) is 11.3 Å². The normalized spacial score (nSPS) is 10.2. The smallest absolute Gasteiger partial charge is 0.303 e. The van der Waals surface area contributed by atoms with Crippen LogP contribution in [-0.2, 0) is 4.79 Å². The largest absolute Gasteiger partial charge is 0.481 e. The lowest BCUT2D eigenvalue weighted by atomic mass is 10.1. The average molecular weight is 240 g/mol. The van der Waals surface area contributed by atoms with Crippen molar-refractivity contribution < 1.29 is 14.7 Å². The molecule has 4 heteroatoms. The fourth-order valence-electron chi connectivity index (χ4n) is 1.48. The fourth-order valence-corrected chi connectivity index (χ4v) is 2.17. The van der Waals surface area contributed by atoms with Crippen LogP contribution in [0.25, 0.3) is 0 Å². The Labute approximate surface area is 99.1 Å². The van der Waals surface area contributed by atoms with E-state index in [1.54, 1.807) is 0 Å². The standard InChI is InChI=1S/C12H16O3S/c13-10(11-7-5-9-16-11)6-3-1-2-4-8-12(14)15/h5,7,9H,1-4,6,8H2,(H,14,15). The van der Waals surface area contributed by atoms with Crippen LogP contribution < -0.4 is 0 Å². The van der Waals surface area contributed by atoms with E-state index in [1.165, 1.54) is 11.3 Å². The first-order valence-electron chi connectivity index (χ1n) is 5.48. The summed E-state index contributed by atoms with van der Waals surface area (Å²) in [6, 6.07) is 3.72. The lowest BCUT2D eigenvalue weighted by Gasteiger charge is -1.99. The highest BCUT2D eigenvalue weighted by Crippen LogP contribution is 2.14. The Bertz CT molecular complexity index is 330. The number of unbranched alkanes of at least 4 members (excludes halogenated alkanes) is 3. The van der Waals surface area contributed by atoms with Gasteiger partial charge in [0.2, 0.25) is 0 Å². The number of hydrogen-bond donors (Lipinski definition) is 1. The Kier molecular flexibility index (Phi) is 5.78. The van der Waals surface area contributed by atoms with Gasteiger partial charge in [-0.3, -0.25) is 9.59 Å². The van der Waals surface area contributed by atoms with Gasteiger partial charge in [-0.2, -0.15) is 0 Å². The highest BCUT2D eigenvalue weighted by atomic mass is 32.1. The zero-order valence-electron chi connectivity index (χ0n) is 9.15. The lowest BCUT2D eigenvalue weighted by molar-refractivity contribution is -0.137. The molecule has 0 aromatic carbocycles. The Morgan fingerprint density at radius 2 is 1.81 bits per heavy atom. The molecule has 0 aliphatic rings. The summed E-state index contributed by atoms with van der Waals surface area (Å²) >= 11 is 1.48. The van der Waals surface area contributed by atoms with E-state index in [4.69, 9.17) is 5.11 Å². The molecule has 0 amide bonds. The van der Waals surface area contributed by atoms with Crippen LogP contribution in [0.3, 0.4) is 0 Å². The zero-order valence-corrected chi connectivity index (χ0v) is 9.96. The first-order chi connectivity index (χ1) is 7.70. The summed E-state index contributed by atoms with van der Waals surface area (Å²) in [7, 11) is 0. The molecule has 0 fully saturated rings. The predicted molar refractivity (Wildman–Crippen MR) is 64.0 cm³/mol. The summed E-state index contributed by atoms with van der Waals surface area (Å²) in [5.74, 6) is -0.539. The number of carbonyl (C=O) groups excluding carboxylic acids is 1. The van der Waals surface area contributed by atoms with Crippen molar-refractivity contribution in [2.24, 2.45) is 0 Å². The van der Waals surface area contributed by atoms with Crippen LogP contribution >= 0.6 is 11.3 Å². The summed E-state index contributed by atoms with van der Waals surface area (Å²) in [4.78, 5) is 22.6. The Morgan fingerprint density at radius 1 is 1.12 bits per heavy atom. The molecule has 1 N–H and O–H groups in total. The van der Waals surface area contributed by atoms with E-state index in [-0.39, 0.29) is 12.2 Å². The molecule has 0 saturated carbocycles. The van der Waals surface area contributed by atoms with Gasteiger partial charge < -0.3 is 5.11 Å². The first-order valence-corrected chi connectivity index (χ1v) is 6.36. The Morgan fingerprint density at radius 3 is 2.38 bits per heavy atom. The van der Waals surface area contributed by atoms with Crippen LogP contribution in [0.5, 0.6) is 0 Å². The van der Waals surface area contributed by atoms with Gasteiger partial charge in [0.15, 0.2) is 5.78 Å². The minimum atomic E-state index is -0.741. The molecule has 0 saturated heterocycles. The number of hydrogen-bond acceptors (Lipinski definition) is 3. The summed E-state index contributed by atoms with van der Waals surface area (Å²) in [6.45, 7) is 0. The number of thiophene rings is 1. The van der Waals surface area contributed by atoms with Crippen LogP contribution in [0, 0.1) is 0 Å². The molecule has 0 atom stereocenters. The molecule has 88 valence electrons. The van der Waals surface area contributed by atoms with Crippen LogP contribution in [-0.4, -0.2) is 16.9 Å². The maximum absolute atomic E-state index is 11.6. The van der Waals surface area contributed by atoms with E-state index in [1.807, 2.05) is 17.5 Å². The molecule has 1 rings (SSSR count). The number of ketones is 1. The van der Waals surface area contributed by atoms with Gasteiger partial charge in [0.05, 0.1) is 4.88 Å². The maximum Gasteiger partial charge on any atom is 0.303 e. The minimum absolute atomic E-state index is 0.202. The van der Waals surface area contributed by atoms with Crippen molar-refractivity contribution in [1.29, 1.82) is 0 Å². The second kappa shape index (κ2) is 7.17. The molecule has 0 radical (unpaired) electrons. The number of carboxylic acids is 1. The van der Waals surface area contributed by atoms with E-state index in [0.29, 0.717) is 12.8 Å². The van der Waals surface area contributed by atoms with Crippen molar-refractivity contribution in [3.05, 3.63) is 22.4 Å². The van der Waals surface area contributed by atoms with E-state index < -0.39 is 5.97 Å². The summed E-state index contributed by atoms with van der Waals surface area (Å²) < 4.78 is 0. The van der Waals surface area contributed by atoms with Gasteiger partial charge in [-0.1, -0.05) is 18.9 Å². The van der Waals surface area contributed by atoms with Crippen molar-refractivity contribution >= 4 is 23.1 Å². The lowest BCUT2D eigenvalue weighted by Crippen LogP contribution is -1.96. The number of Topliss-reactive ketones (excluding diaryl/α,β-unsaturated/α-hetero) is 1. The van der Waals surface area contributed by atoms with Gasteiger partial charge in [0.25, 0.3) is 0 Å². The number of carbonyl (C=O) groups is 2. The van der Waals surface area contributed by atoms with Gasteiger partial charge in [0.1, 0.15) is 0 Å². The number of aliphatic carboxylic acids is 1. The van der Waals surface area contributed by atoms with E-state index in [2.05, 4.69) is 0 Å². The molecule has 0 bridgehead atoms. The molecule has 16 heavy (non-hydrogen) atoms. The molecule has 0 aliphatic carbocycles. The molecule has 1 aromatic heterocycles. The van der Waals surface area contributed by atoms with Crippen LogP contribution in [0.2, 0.25) is 0 Å². The van der Waals surface area contributed by atoms with Gasteiger partial charge in [-0.25, -0.2) is 0 Å². The van der Waals surface area contributed by atoms with Crippen molar-refractivity contribution in [3.8, 4) is 0 Å². The van der Waals surface area contributed by atoms with E-state index in [9.17, 15) is 9.59 Å². The van der Waals surface area contributed by atoms with E-state index >= 15 is 0 Å². The van der Waals surface area contributed by atoms with Gasteiger partial charge in [-0.05, 0) is 24.3 Å². The number of carboxylic acid groups (broad SMARTS) is 1. The fraction of sp³-hybridized carbons (Fsp3) is 0.500. The highest BCUT2D eigenvalue weighted by molar-refractivity contribution is 7.12. The van der Waals surface area contributed by atoms with Crippen molar-refractivity contribution in [1.82, 2.24) is 0 Å². The monoisotopic (exact) mass is 240 g/mol. The molecule has 0 aliphatic heterocycles. The third kappa shape index (κ3) is 5.07. The minimum Gasteiger partial charge on any atom is -0.481 e. The van der Waals surface area contributed by atoms with Gasteiger partial charge in [0, 0.05) is 12.8 Å². The molecule has 0 unspecified atom stereocenters. The van der Waals surface area contributed by atoms with Crippen molar-refractivity contribution in [2.45, 2.75) is 38.5 Å². The van der Waals surface area contributed by atoms with E-state index in [0.717, 1.165) is 24.1 Å². The van der Waals surface area contributed by atoms with Crippen LogP contribution in [0.15, 0.2) is 17.5 Å². The Hall–Kier alpha value is -1.16. The zero-order chi connectivity index (χ0) is 11.8. The molecule has 1 heterocycles. The number of rotatable bonds is 8. The molecule has 0 spiro atoms.